The van der Waals surface area contributed by atoms with Crippen molar-refractivity contribution >= 4 is 48.6 Å². The van der Waals surface area contributed by atoms with E-state index in [1.54, 1.807) is 0 Å². The van der Waals surface area contributed by atoms with E-state index in [1.165, 1.54) is 5.56 Å². The van der Waals surface area contributed by atoms with Gasteiger partial charge in [0.05, 0.1) is 5.52 Å². The molecule has 0 aliphatic heterocycles. The highest BCUT2D eigenvalue weighted by atomic mass is 79.9. The van der Waals surface area contributed by atoms with Gasteiger partial charge in [-0.3, -0.25) is 0 Å². The van der Waals surface area contributed by atoms with Gasteiger partial charge in [0, 0.05) is 19.9 Å². The van der Waals surface area contributed by atoms with Crippen molar-refractivity contribution in [1.29, 1.82) is 0 Å². The van der Waals surface area contributed by atoms with E-state index in [9.17, 15) is 0 Å². The van der Waals surface area contributed by atoms with Gasteiger partial charge in [0.15, 0.2) is 5.82 Å². The fourth-order valence-electron chi connectivity index (χ4n) is 2.09. The lowest BCUT2D eigenvalue weighted by Crippen LogP contribution is -1.98. The Bertz CT molecular complexity index is 816. The lowest BCUT2D eigenvalue weighted by molar-refractivity contribution is 1.22. The molecule has 0 saturated carbocycles. The van der Waals surface area contributed by atoms with Gasteiger partial charge in [-0.05, 0) is 41.1 Å². The SMILES string of the molecule is Cc1cccc(-c2nc(N)c3cc(Br)cc(Br)c3n2)c1. The van der Waals surface area contributed by atoms with Crippen molar-refractivity contribution < 1.29 is 0 Å². The molecule has 0 radical (unpaired) electrons. The van der Waals surface area contributed by atoms with Crippen LogP contribution >= 0.6 is 31.9 Å². The number of halogens is 2. The number of anilines is 1. The highest BCUT2D eigenvalue weighted by Crippen LogP contribution is 2.31. The van der Waals surface area contributed by atoms with E-state index in [4.69, 9.17) is 5.73 Å². The lowest BCUT2D eigenvalue weighted by Gasteiger charge is -2.08. The van der Waals surface area contributed by atoms with Crippen LogP contribution in [0.1, 0.15) is 5.56 Å². The number of hydrogen-bond donors (Lipinski definition) is 1. The Morgan fingerprint density at radius 1 is 1.05 bits per heavy atom. The third-order valence-corrected chi connectivity index (χ3v) is 4.09. The zero-order chi connectivity index (χ0) is 14.3. The molecule has 1 heterocycles. The van der Waals surface area contributed by atoms with Crippen LogP contribution < -0.4 is 5.73 Å². The molecule has 1 aromatic heterocycles. The molecular formula is C15H11Br2N3. The average Bonchev–Trinajstić information content (AvgIpc) is 2.39. The zero-order valence-electron chi connectivity index (χ0n) is 10.7. The van der Waals surface area contributed by atoms with Gasteiger partial charge in [-0.2, -0.15) is 0 Å². The molecule has 3 nitrogen and oxygen atoms in total. The molecule has 0 saturated heterocycles. The molecule has 0 fully saturated rings. The van der Waals surface area contributed by atoms with Crippen LogP contribution in [0.3, 0.4) is 0 Å². The molecule has 20 heavy (non-hydrogen) atoms. The Morgan fingerprint density at radius 3 is 2.60 bits per heavy atom. The Kier molecular flexibility index (Phi) is 3.48. The van der Waals surface area contributed by atoms with Crippen LogP contribution in [-0.2, 0) is 0 Å². The first-order valence-corrected chi connectivity index (χ1v) is 7.62. The van der Waals surface area contributed by atoms with E-state index in [-0.39, 0.29) is 0 Å². The van der Waals surface area contributed by atoms with Gasteiger partial charge in [-0.25, -0.2) is 9.97 Å². The van der Waals surface area contributed by atoms with Crippen molar-refractivity contribution in [2.75, 3.05) is 5.73 Å². The molecule has 2 N–H and O–H groups in total. The van der Waals surface area contributed by atoms with Crippen LogP contribution in [0.25, 0.3) is 22.3 Å². The minimum atomic E-state index is 0.480. The first-order valence-electron chi connectivity index (χ1n) is 6.04. The normalized spacial score (nSPS) is 10.9. The van der Waals surface area contributed by atoms with Crippen molar-refractivity contribution in [1.82, 2.24) is 9.97 Å². The first kappa shape index (κ1) is 13.5. The Balaban J connectivity index is 2.29. The molecule has 100 valence electrons. The second-order valence-electron chi connectivity index (χ2n) is 4.59. The molecule has 0 bridgehead atoms. The number of aromatic nitrogens is 2. The van der Waals surface area contributed by atoms with Gasteiger partial charge < -0.3 is 5.73 Å². The molecule has 0 unspecified atom stereocenters. The van der Waals surface area contributed by atoms with Crippen LogP contribution in [0.5, 0.6) is 0 Å². The number of aryl methyl sites for hydroxylation is 1. The largest absolute Gasteiger partial charge is 0.383 e. The predicted molar refractivity (Wildman–Crippen MR) is 89.5 cm³/mol. The smallest absolute Gasteiger partial charge is 0.162 e. The molecular weight excluding hydrogens is 382 g/mol. The molecule has 3 rings (SSSR count). The Hall–Kier alpha value is -1.46. The molecule has 2 aromatic carbocycles. The average molecular weight is 393 g/mol. The maximum Gasteiger partial charge on any atom is 0.162 e. The Morgan fingerprint density at radius 2 is 1.85 bits per heavy atom. The molecule has 5 heteroatoms. The van der Waals surface area contributed by atoms with Gasteiger partial charge >= 0.3 is 0 Å². The van der Waals surface area contributed by atoms with E-state index < -0.39 is 0 Å². The highest BCUT2D eigenvalue weighted by molar-refractivity contribution is 9.11. The van der Waals surface area contributed by atoms with E-state index >= 15 is 0 Å². The molecule has 0 spiro atoms. The number of fused-ring (bicyclic) bond motifs is 1. The van der Waals surface area contributed by atoms with Gasteiger partial charge in [0.2, 0.25) is 0 Å². The van der Waals surface area contributed by atoms with Crippen LogP contribution in [0.2, 0.25) is 0 Å². The maximum atomic E-state index is 6.08. The van der Waals surface area contributed by atoms with E-state index in [0.29, 0.717) is 11.6 Å². The van der Waals surface area contributed by atoms with Gasteiger partial charge in [-0.15, -0.1) is 0 Å². The monoisotopic (exact) mass is 391 g/mol. The maximum absolute atomic E-state index is 6.08. The summed E-state index contributed by atoms with van der Waals surface area (Å²) >= 11 is 6.98. The summed E-state index contributed by atoms with van der Waals surface area (Å²) in [5.74, 6) is 1.12. The summed E-state index contributed by atoms with van der Waals surface area (Å²) in [5.41, 5.74) is 9.03. The standard InChI is InChI=1S/C15H11Br2N3/c1-8-3-2-4-9(5-8)15-19-13-11(14(18)20-15)6-10(16)7-12(13)17/h2-7H,1H3,(H2,18,19,20). The van der Waals surface area contributed by atoms with Crippen molar-refractivity contribution in [2.45, 2.75) is 6.92 Å². The fourth-order valence-corrected chi connectivity index (χ4v) is 3.41. The molecule has 0 atom stereocenters. The lowest BCUT2D eigenvalue weighted by atomic mass is 10.1. The summed E-state index contributed by atoms with van der Waals surface area (Å²) in [6, 6.07) is 11.9. The molecule has 0 aliphatic rings. The summed E-state index contributed by atoms with van der Waals surface area (Å²) in [7, 11) is 0. The first-order chi connectivity index (χ1) is 9.54. The summed E-state index contributed by atoms with van der Waals surface area (Å²) in [5, 5.41) is 0.836. The summed E-state index contributed by atoms with van der Waals surface area (Å²) in [6.45, 7) is 2.04. The van der Waals surface area contributed by atoms with Crippen LogP contribution in [0.15, 0.2) is 45.3 Å². The quantitative estimate of drug-likeness (QED) is 0.652. The number of rotatable bonds is 1. The molecule has 0 amide bonds. The number of hydrogen-bond acceptors (Lipinski definition) is 3. The zero-order valence-corrected chi connectivity index (χ0v) is 13.9. The van der Waals surface area contributed by atoms with Crippen LogP contribution in [0, 0.1) is 6.92 Å². The minimum Gasteiger partial charge on any atom is -0.383 e. The van der Waals surface area contributed by atoms with Crippen molar-refractivity contribution in [3.63, 3.8) is 0 Å². The van der Waals surface area contributed by atoms with Gasteiger partial charge in [0.25, 0.3) is 0 Å². The van der Waals surface area contributed by atoms with E-state index in [1.807, 2.05) is 43.3 Å². The summed E-state index contributed by atoms with van der Waals surface area (Å²) in [4.78, 5) is 9.05. The van der Waals surface area contributed by atoms with E-state index in [2.05, 4.69) is 41.8 Å². The van der Waals surface area contributed by atoms with E-state index in [0.717, 1.165) is 25.4 Å². The predicted octanol–water partition coefficient (Wildman–Crippen LogP) is 4.71. The van der Waals surface area contributed by atoms with Crippen LogP contribution in [-0.4, -0.2) is 9.97 Å². The molecule has 0 aliphatic carbocycles. The molecule has 3 aromatic rings. The second kappa shape index (κ2) is 5.14. The highest BCUT2D eigenvalue weighted by Gasteiger charge is 2.10. The minimum absolute atomic E-state index is 0.480. The van der Waals surface area contributed by atoms with Crippen molar-refractivity contribution in [3.8, 4) is 11.4 Å². The number of nitrogen functional groups attached to an aromatic ring is 1. The Labute approximate surface area is 133 Å². The third kappa shape index (κ3) is 2.43. The second-order valence-corrected chi connectivity index (χ2v) is 6.36. The van der Waals surface area contributed by atoms with Gasteiger partial charge in [-0.1, -0.05) is 39.7 Å². The fraction of sp³-hybridized carbons (Fsp3) is 0.0667. The number of benzene rings is 2. The third-order valence-electron chi connectivity index (χ3n) is 3.02. The summed E-state index contributed by atoms with van der Waals surface area (Å²) in [6.07, 6.45) is 0. The summed E-state index contributed by atoms with van der Waals surface area (Å²) < 4.78 is 1.83. The van der Waals surface area contributed by atoms with Gasteiger partial charge in [0.1, 0.15) is 5.82 Å². The van der Waals surface area contributed by atoms with Crippen molar-refractivity contribution in [2.24, 2.45) is 0 Å². The number of nitrogens with zero attached hydrogens (tertiary/aromatic N) is 2. The van der Waals surface area contributed by atoms with Crippen molar-refractivity contribution in [3.05, 3.63) is 50.9 Å². The topological polar surface area (TPSA) is 51.8 Å². The number of nitrogens with two attached hydrogens (primary N) is 1. The van der Waals surface area contributed by atoms with Crippen LogP contribution in [0.4, 0.5) is 5.82 Å².